The van der Waals surface area contributed by atoms with Gasteiger partial charge < -0.3 is 5.32 Å². The van der Waals surface area contributed by atoms with Crippen LogP contribution in [0.4, 0.5) is 10.6 Å². The number of carbonyl (C=O) groups excluding carboxylic acids is 1. The molecule has 5 heteroatoms. The van der Waals surface area contributed by atoms with Gasteiger partial charge in [0.2, 0.25) is 0 Å². The predicted octanol–water partition coefficient (Wildman–Crippen LogP) is 2.36. The molecule has 0 saturated heterocycles. The van der Waals surface area contributed by atoms with E-state index in [0.29, 0.717) is 11.9 Å². The maximum absolute atomic E-state index is 11.7. The summed E-state index contributed by atoms with van der Waals surface area (Å²) in [6, 6.07) is 2.02. The Morgan fingerprint density at radius 2 is 2.29 bits per heavy atom. The highest BCUT2D eigenvalue weighted by Gasteiger charge is 2.17. The zero-order chi connectivity index (χ0) is 12.1. The van der Waals surface area contributed by atoms with Crippen molar-refractivity contribution >= 4 is 11.8 Å². The van der Waals surface area contributed by atoms with Gasteiger partial charge in [-0.1, -0.05) is 19.8 Å². The Morgan fingerprint density at radius 3 is 3.00 bits per heavy atom. The lowest BCUT2D eigenvalue weighted by molar-refractivity contribution is 0.248. The minimum absolute atomic E-state index is 0.140. The Hall–Kier alpha value is -1.52. The second kappa shape index (κ2) is 5.70. The van der Waals surface area contributed by atoms with Crippen LogP contribution < -0.4 is 10.6 Å². The van der Waals surface area contributed by atoms with Crippen molar-refractivity contribution in [2.75, 3.05) is 5.32 Å². The van der Waals surface area contributed by atoms with Gasteiger partial charge in [-0.25, -0.2) is 4.79 Å². The molecule has 0 bridgehead atoms. The van der Waals surface area contributed by atoms with Gasteiger partial charge in [0, 0.05) is 24.8 Å². The van der Waals surface area contributed by atoms with Crippen LogP contribution in [0.25, 0.3) is 0 Å². The van der Waals surface area contributed by atoms with Gasteiger partial charge in [-0.05, 0) is 19.3 Å². The number of hydrogen-bond acceptors (Lipinski definition) is 2. The summed E-state index contributed by atoms with van der Waals surface area (Å²) >= 11 is 0. The van der Waals surface area contributed by atoms with Crippen molar-refractivity contribution < 1.29 is 4.79 Å². The molecule has 1 heterocycles. The first kappa shape index (κ1) is 12.0. The summed E-state index contributed by atoms with van der Waals surface area (Å²) in [4.78, 5) is 11.7. The number of rotatable bonds is 4. The summed E-state index contributed by atoms with van der Waals surface area (Å²) in [7, 11) is 0. The first-order valence-corrected chi connectivity index (χ1v) is 6.39. The number of carbonyl (C=O) groups is 1. The molecule has 0 aliphatic heterocycles. The van der Waals surface area contributed by atoms with Crippen LogP contribution in [0.2, 0.25) is 0 Å². The van der Waals surface area contributed by atoms with E-state index >= 15 is 0 Å². The van der Waals surface area contributed by atoms with Gasteiger partial charge in [0.1, 0.15) is 0 Å². The van der Waals surface area contributed by atoms with E-state index in [9.17, 15) is 4.79 Å². The van der Waals surface area contributed by atoms with Gasteiger partial charge in [0.25, 0.3) is 0 Å². The largest absolute Gasteiger partial charge is 0.335 e. The topological polar surface area (TPSA) is 59.0 Å². The minimum atomic E-state index is -0.140. The van der Waals surface area contributed by atoms with Crippen molar-refractivity contribution in [2.24, 2.45) is 0 Å². The van der Waals surface area contributed by atoms with Crippen molar-refractivity contribution in [3.05, 3.63) is 12.3 Å². The number of hydrogen-bond donors (Lipinski definition) is 2. The van der Waals surface area contributed by atoms with Crippen molar-refractivity contribution in [1.29, 1.82) is 0 Å². The van der Waals surface area contributed by atoms with Gasteiger partial charge in [-0.15, -0.1) is 0 Å². The summed E-state index contributed by atoms with van der Waals surface area (Å²) in [5.41, 5.74) is 0. The number of amides is 2. The van der Waals surface area contributed by atoms with Gasteiger partial charge in [0.15, 0.2) is 5.82 Å². The molecule has 94 valence electrons. The maximum atomic E-state index is 11.7. The fraction of sp³-hybridized carbons (Fsp3) is 0.667. The minimum Gasteiger partial charge on any atom is -0.335 e. The van der Waals surface area contributed by atoms with Gasteiger partial charge in [-0.2, -0.15) is 5.10 Å². The molecule has 1 aromatic heterocycles. The SMILES string of the molecule is CCCn1ccc(NC(=O)NC2CCCC2)n1. The molecule has 0 spiro atoms. The fourth-order valence-corrected chi connectivity index (χ4v) is 2.19. The van der Waals surface area contributed by atoms with Crippen LogP contribution in [-0.4, -0.2) is 21.9 Å². The molecule has 2 rings (SSSR count). The van der Waals surface area contributed by atoms with Crippen LogP contribution >= 0.6 is 0 Å². The molecular weight excluding hydrogens is 216 g/mol. The van der Waals surface area contributed by atoms with Gasteiger partial charge in [-0.3, -0.25) is 10.00 Å². The van der Waals surface area contributed by atoms with Crippen molar-refractivity contribution in [3.63, 3.8) is 0 Å². The van der Waals surface area contributed by atoms with Crippen molar-refractivity contribution in [2.45, 2.75) is 51.6 Å². The zero-order valence-corrected chi connectivity index (χ0v) is 10.3. The molecule has 0 aromatic carbocycles. The number of aryl methyl sites for hydroxylation is 1. The van der Waals surface area contributed by atoms with E-state index in [1.807, 2.05) is 16.9 Å². The molecule has 17 heavy (non-hydrogen) atoms. The van der Waals surface area contributed by atoms with E-state index in [0.717, 1.165) is 25.8 Å². The van der Waals surface area contributed by atoms with E-state index in [2.05, 4.69) is 22.7 Å². The molecule has 1 fully saturated rings. The molecule has 5 nitrogen and oxygen atoms in total. The van der Waals surface area contributed by atoms with Crippen LogP contribution in [0, 0.1) is 0 Å². The molecule has 1 aliphatic rings. The second-order valence-electron chi connectivity index (χ2n) is 4.54. The Morgan fingerprint density at radius 1 is 1.53 bits per heavy atom. The van der Waals surface area contributed by atoms with Gasteiger partial charge >= 0.3 is 6.03 Å². The molecule has 0 atom stereocenters. The lowest BCUT2D eigenvalue weighted by atomic mass is 10.3. The smallest absolute Gasteiger partial charge is 0.320 e. The number of nitrogens with one attached hydrogen (secondary N) is 2. The lowest BCUT2D eigenvalue weighted by Gasteiger charge is -2.11. The number of anilines is 1. The van der Waals surface area contributed by atoms with E-state index in [1.165, 1.54) is 12.8 Å². The molecule has 1 saturated carbocycles. The standard InChI is InChI=1S/C12H20N4O/c1-2-8-16-9-7-11(15-16)14-12(17)13-10-5-3-4-6-10/h7,9-10H,2-6,8H2,1H3,(H2,13,14,15,17). The first-order chi connectivity index (χ1) is 8.28. The summed E-state index contributed by atoms with van der Waals surface area (Å²) < 4.78 is 1.84. The summed E-state index contributed by atoms with van der Waals surface area (Å²) in [5.74, 6) is 0.619. The second-order valence-corrected chi connectivity index (χ2v) is 4.54. The van der Waals surface area contributed by atoms with Crippen molar-refractivity contribution in [3.8, 4) is 0 Å². The molecular formula is C12H20N4O. The van der Waals surface area contributed by atoms with E-state index in [1.54, 1.807) is 0 Å². The van der Waals surface area contributed by atoms with E-state index < -0.39 is 0 Å². The molecule has 2 amide bonds. The maximum Gasteiger partial charge on any atom is 0.320 e. The van der Waals surface area contributed by atoms with Crippen LogP contribution in [0.5, 0.6) is 0 Å². The van der Waals surface area contributed by atoms with E-state index in [-0.39, 0.29) is 6.03 Å². The molecule has 0 unspecified atom stereocenters. The van der Waals surface area contributed by atoms with Gasteiger partial charge in [0.05, 0.1) is 0 Å². The number of aromatic nitrogens is 2. The summed E-state index contributed by atoms with van der Waals surface area (Å²) in [6.07, 6.45) is 7.55. The predicted molar refractivity (Wildman–Crippen MR) is 66.9 cm³/mol. The summed E-state index contributed by atoms with van der Waals surface area (Å²) in [6.45, 7) is 2.98. The number of urea groups is 1. The molecule has 0 radical (unpaired) electrons. The zero-order valence-electron chi connectivity index (χ0n) is 10.3. The Balaban J connectivity index is 1.80. The third kappa shape index (κ3) is 3.47. The molecule has 1 aromatic rings. The molecule has 1 aliphatic carbocycles. The highest BCUT2D eigenvalue weighted by molar-refractivity contribution is 5.88. The Bertz CT molecular complexity index is 368. The molecule has 2 N–H and O–H groups in total. The van der Waals surface area contributed by atoms with Crippen LogP contribution in [0.1, 0.15) is 39.0 Å². The number of nitrogens with zero attached hydrogens (tertiary/aromatic N) is 2. The third-order valence-corrected chi connectivity index (χ3v) is 3.03. The Kier molecular flexibility index (Phi) is 4.01. The quantitative estimate of drug-likeness (QED) is 0.843. The highest BCUT2D eigenvalue weighted by Crippen LogP contribution is 2.17. The Labute approximate surface area is 102 Å². The first-order valence-electron chi connectivity index (χ1n) is 6.39. The monoisotopic (exact) mass is 236 g/mol. The fourth-order valence-electron chi connectivity index (χ4n) is 2.19. The lowest BCUT2D eigenvalue weighted by Crippen LogP contribution is -2.36. The van der Waals surface area contributed by atoms with Crippen LogP contribution in [0.15, 0.2) is 12.3 Å². The van der Waals surface area contributed by atoms with Crippen molar-refractivity contribution in [1.82, 2.24) is 15.1 Å². The third-order valence-electron chi connectivity index (χ3n) is 3.03. The van der Waals surface area contributed by atoms with E-state index in [4.69, 9.17) is 0 Å². The summed E-state index contributed by atoms with van der Waals surface area (Å²) in [5, 5.41) is 9.99. The van der Waals surface area contributed by atoms with Crippen LogP contribution in [-0.2, 0) is 6.54 Å². The van der Waals surface area contributed by atoms with Crippen LogP contribution in [0.3, 0.4) is 0 Å². The normalized spacial score (nSPS) is 16.1. The highest BCUT2D eigenvalue weighted by atomic mass is 16.2. The average Bonchev–Trinajstić information content (AvgIpc) is 2.91. The average molecular weight is 236 g/mol.